The third kappa shape index (κ3) is 13.9. The molecule has 0 aromatic heterocycles. The maximum Gasteiger partial charge on any atom is 0.497 e. The minimum atomic E-state index is -1.86. The minimum Gasteiger partial charge on any atom is -0.508 e. The number of phenols is 1. The van der Waals surface area contributed by atoms with Crippen molar-refractivity contribution in [3.05, 3.63) is 89.5 Å². The molecule has 2 unspecified atom stereocenters. The molecular formula is C51H70BN11O12. The number of rotatable bonds is 24. The average molecular weight is 1040 g/mol. The van der Waals surface area contributed by atoms with Gasteiger partial charge >= 0.3 is 7.12 Å². The maximum absolute atomic E-state index is 13.9. The van der Waals surface area contributed by atoms with Crippen molar-refractivity contribution < 1.29 is 57.9 Å². The molecule has 24 heteroatoms. The standard InChI is InChI=1S/C51H70BN11O12/c1-6-7-8-27-9-13-29(14-10-27)30-15-17-31(18-16-30)43(68)59-35(26-64)45(70)60-41(54)47(72)57-25-40(67)63(5)36(21-28-11-19-33(65)20-12-28)46(71)61-42(55)48(73)58-34(24-39(53)66)44(69)62-49(56)52-74-38-23-32-22-37(50(32,2)3)51(38,4)75-52/h9-20,32,34-38,41-42,49,64-65H,6-8,21-26,54-56H2,1-5H3,(H2,53,66)(H,57,72)(H,58,73)(H,59,68)(H,60,70)(H,61,71)(H,62,69)/t32-,34-,35+,36?,37-,38?,41-,42+,49+,51-/m0/s1. The minimum absolute atomic E-state index is 0.0433. The lowest BCUT2D eigenvalue weighted by Gasteiger charge is -2.64. The number of aliphatic hydroxyl groups excluding tert-OH is 1. The number of unbranched alkanes of at least 4 members (excludes halogenated alkanes) is 1. The lowest BCUT2D eigenvalue weighted by atomic mass is 9.43. The normalized spacial score (nSPS) is 21.5. The van der Waals surface area contributed by atoms with Gasteiger partial charge in [0.15, 0.2) is 12.3 Å². The van der Waals surface area contributed by atoms with Gasteiger partial charge in [-0.3, -0.25) is 38.4 Å². The summed E-state index contributed by atoms with van der Waals surface area (Å²) >= 11 is 0. The Hall–Kier alpha value is -6.96. The number of carbonyl (C=O) groups excluding carboxylic acids is 8. The molecule has 1 aliphatic heterocycles. The van der Waals surface area contributed by atoms with Crippen molar-refractivity contribution in [3.63, 3.8) is 0 Å². The number of hydrogen-bond acceptors (Lipinski definition) is 15. The molecule has 0 radical (unpaired) electrons. The average Bonchev–Trinajstić information content (AvgIpc) is 3.75. The van der Waals surface area contributed by atoms with E-state index in [0.29, 0.717) is 11.5 Å². The van der Waals surface area contributed by atoms with Gasteiger partial charge in [0.1, 0.15) is 29.9 Å². The van der Waals surface area contributed by atoms with Crippen molar-refractivity contribution in [1.29, 1.82) is 0 Å². The molecule has 75 heavy (non-hydrogen) atoms. The zero-order valence-corrected chi connectivity index (χ0v) is 42.8. The van der Waals surface area contributed by atoms with Crippen LogP contribution >= 0.6 is 0 Å². The van der Waals surface area contributed by atoms with Gasteiger partial charge in [-0.25, -0.2) is 0 Å². The fraction of sp³-hybridized carbons (Fsp3) is 0.490. The van der Waals surface area contributed by atoms with Gasteiger partial charge in [0.2, 0.25) is 29.5 Å². The summed E-state index contributed by atoms with van der Waals surface area (Å²) in [5, 5.41) is 33.8. The summed E-state index contributed by atoms with van der Waals surface area (Å²) in [7, 11) is 0.195. The van der Waals surface area contributed by atoms with E-state index in [0.717, 1.165) is 48.1 Å². The van der Waals surface area contributed by atoms with E-state index in [-0.39, 0.29) is 35.2 Å². The van der Waals surface area contributed by atoms with Crippen LogP contribution in [0.15, 0.2) is 72.8 Å². The van der Waals surface area contributed by atoms with Crippen molar-refractivity contribution in [2.45, 2.75) is 121 Å². The van der Waals surface area contributed by atoms with E-state index in [4.69, 9.17) is 32.2 Å². The SMILES string of the molecule is CCCCc1ccc(-c2ccc(C(=O)N[C@H](CO)C(=O)N[C@H](N)C(=O)NCC(=O)N(C)C(Cc3ccc(O)cc3)C(=O)N[C@@H](N)C(=O)N[C@@H](CC(N)=O)C(=O)N[C@@H](N)B3OC4C[C@@H]5C[C@@H](C5(C)C)[C@]4(C)O3)cc2)cc1. The Morgan fingerprint density at radius 1 is 0.747 bits per heavy atom. The van der Waals surface area contributed by atoms with Crippen LogP contribution < -0.4 is 54.8 Å². The Bertz CT molecular complexity index is 2570. The number of phenolic OH excluding ortho intramolecular Hbond substituents is 1. The van der Waals surface area contributed by atoms with Crippen LogP contribution in [-0.4, -0.2) is 138 Å². The molecule has 3 aromatic carbocycles. The van der Waals surface area contributed by atoms with Crippen molar-refractivity contribution in [3.8, 4) is 16.9 Å². The number of carbonyl (C=O) groups is 8. The second-order valence-corrected chi connectivity index (χ2v) is 20.3. The highest BCUT2D eigenvalue weighted by atomic mass is 16.7. The van der Waals surface area contributed by atoms with Gasteiger partial charge < -0.3 is 79.3 Å². The lowest BCUT2D eigenvalue weighted by Crippen LogP contribution is -2.65. The van der Waals surface area contributed by atoms with E-state index in [1.165, 1.54) is 36.9 Å². The van der Waals surface area contributed by atoms with Crippen LogP contribution in [0.4, 0.5) is 0 Å². The first-order chi connectivity index (χ1) is 35.4. The first-order valence-electron chi connectivity index (χ1n) is 25.0. The van der Waals surface area contributed by atoms with Gasteiger partial charge in [0.25, 0.3) is 17.7 Å². The zero-order valence-electron chi connectivity index (χ0n) is 42.8. The number of aromatic hydroxyl groups is 1. The lowest BCUT2D eigenvalue weighted by molar-refractivity contribution is -0.199. The summed E-state index contributed by atoms with van der Waals surface area (Å²) < 4.78 is 12.5. The summed E-state index contributed by atoms with van der Waals surface area (Å²) in [6.07, 6.45) is 0.148. The van der Waals surface area contributed by atoms with E-state index in [2.05, 4.69) is 64.8 Å². The quantitative estimate of drug-likeness (QED) is 0.0359. The number of primary amides is 1. The Labute approximate surface area is 435 Å². The Morgan fingerprint density at radius 3 is 1.93 bits per heavy atom. The topological polar surface area (TPSA) is 375 Å². The second-order valence-electron chi connectivity index (χ2n) is 20.3. The smallest absolute Gasteiger partial charge is 0.497 e. The highest BCUT2D eigenvalue weighted by molar-refractivity contribution is 6.47. The summed E-state index contributed by atoms with van der Waals surface area (Å²) in [4.78, 5) is 107. The molecule has 4 aliphatic rings. The molecule has 23 nitrogen and oxygen atoms in total. The van der Waals surface area contributed by atoms with Gasteiger partial charge in [-0.2, -0.15) is 0 Å². The number of benzene rings is 3. The number of likely N-dealkylation sites (N-methyl/N-ethyl adjacent to an activating group) is 1. The molecule has 10 atom stereocenters. The van der Waals surface area contributed by atoms with E-state index < -0.39 is 116 Å². The second kappa shape index (κ2) is 24.6. The van der Waals surface area contributed by atoms with E-state index in [1.54, 1.807) is 24.3 Å². The number of nitrogens with zero attached hydrogens (tertiary/aromatic N) is 1. The molecule has 1 saturated heterocycles. The number of aryl methyl sites for hydroxylation is 1. The third-order valence-corrected chi connectivity index (χ3v) is 14.8. The summed E-state index contributed by atoms with van der Waals surface area (Å²) in [6.45, 7) is 6.87. The van der Waals surface area contributed by atoms with Crippen molar-refractivity contribution in [2.24, 2.45) is 40.2 Å². The number of amides is 8. The molecule has 0 spiro atoms. The molecule has 404 valence electrons. The number of nitrogens with one attached hydrogen (secondary N) is 6. The summed E-state index contributed by atoms with van der Waals surface area (Å²) in [5.41, 5.74) is 26.9. The molecule has 3 aliphatic carbocycles. The van der Waals surface area contributed by atoms with Crippen molar-refractivity contribution >= 4 is 54.4 Å². The number of aliphatic hydroxyl groups is 1. The summed E-state index contributed by atoms with van der Waals surface area (Å²) in [6, 6.07) is 14.6. The van der Waals surface area contributed by atoms with Gasteiger partial charge in [-0.15, -0.1) is 0 Å². The predicted molar refractivity (Wildman–Crippen MR) is 274 cm³/mol. The van der Waals surface area contributed by atoms with Crippen LogP contribution in [0.3, 0.4) is 0 Å². The first-order valence-corrected chi connectivity index (χ1v) is 25.0. The van der Waals surface area contributed by atoms with E-state index in [9.17, 15) is 48.6 Å². The van der Waals surface area contributed by atoms with Gasteiger partial charge in [0, 0.05) is 19.0 Å². The monoisotopic (exact) mass is 1040 g/mol. The van der Waals surface area contributed by atoms with Crippen molar-refractivity contribution in [2.75, 3.05) is 20.2 Å². The van der Waals surface area contributed by atoms with E-state index in [1.807, 2.05) is 19.1 Å². The highest BCUT2D eigenvalue weighted by Crippen LogP contribution is 2.65. The van der Waals surface area contributed by atoms with Crippen LogP contribution in [0.5, 0.6) is 5.75 Å². The van der Waals surface area contributed by atoms with Gasteiger partial charge in [-0.05, 0) is 96.4 Å². The van der Waals surface area contributed by atoms with Gasteiger partial charge in [-0.1, -0.05) is 75.7 Å². The van der Waals surface area contributed by atoms with Crippen LogP contribution in [0.2, 0.25) is 0 Å². The molecular weight excluding hydrogens is 969 g/mol. The molecule has 3 aromatic rings. The highest BCUT2D eigenvalue weighted by Gasteiger charge is 2.68. The van der Waals surface area contributed by atoms with Crippen LogP contribution in [-0.2, 0) is 55.7 Å². The fourth-order valence-corrected chi connectivity index (χ4v) is 10.0. The number of nitrogens with two attached hydrogens (primary N) is 4. The Morgan fingerprint density at radius 2 is 1.33 bits per heavy atom. The third-order valence-electron chi connectivity index (χ3n) is 14.8. The molecule has 3 saturated carbocycles. The number of hydrogen-bond donors (Lipinski definition) is 12. The maximum atomic E-state index is 13.9. The molecule has 4 fully saturated rings. The van der Waals surface area contributed by atoms with Gasteiger partial charge in [0.05, 0.1) is 31.3 Å². The Balaban J connectivity index is 1.01. The molecule has 16 N–H and O–H groups in total. The van der Waals surface area contributed by atoms with Crippen LogP contribution in [0.25, 0.3) is 11.1 Å². The van der Waals surface area contributed by atoms with Crippen LogP contribution in [0.1, 0.15) is 81.3 Å². The predicted octanol–water partition coefficient (Wildman–Crippen LogP) is -1.49. The molecule has 7 rings (SSSR count). The zero-order chi connectivity index (χ0) is 54.9. The molecule has 1 heterocycles. The van der Waals surface area contributed by atoms with E-state index >= 15 is 0 Å². The Kier molecular flexibility index (Phi) is 18.8. The molecule has 2 bridgehead atoms. The van der Waals surface area contributed by atoms with Crippen LogP contribution in [0, 0.1) is 17.3 Å². The van der Waals surface area contributed by atoms with Crippen molar-refractivity contribution in [1.82, 2.24) is 36.8 Å². The molecule has 8 amide bonds. The fourth-order valence-electron chi connectivity index (χ4n) is 10.0. The first kappa shape index (κ1) is 57.3. The largest absolute Gasteiger partial charge is 0.508 e. The summed E-state index contributed by atoms with van der Waals surface area (Å²) in [5.74, 6) is -6.98.